The van der Waals surface area contributed by atoms with E-state index in [9.17, 15) is 14.0 Å². The Labute approximate surface area is 110 Å². The van der Waals surface area contributed by atoms with E-state index in [-0.39, 0.29) is 24.3 Å². The first-order chi connectivity index (χ1) is 9.06. The van der Waals surface area contributed by atoms with Gasteiger partial charge in [-0.05, 0) is 6.07 Å². The molecule has 0 radical (unpaired) electrons. The fraction of sp³-hybridized carbons (Fsp3) is 0.385. The summed E-state index contributed by atoms with van der Waals surface area (Å²) >= 11 is 0. The maximum absolute atomic E-state index is 13.3. The van der Waals surface area contributed by atoms with Gasteiger partial charge in [-0.3, -0.25) is 4.79 Å². The first-order valence-corrected chi connectivity index (χ1v) is 6.08. The van der Waals surface area contributed by atoms with Crippen molar-refractivity contribution >= 4 is 11.9 Å². The molecule has 1 aromatic carbocycles. The molecule has 0 bridgehead atoms. The number of rotatable bonds is 3. The summed E-state index contributed by atoms with van der Waals surface area (Å²) in [5, 5.41) is 5.27. The monoisotopic (exact) mass is 265 g/mol. The highest BCUT2D eigenvalue weighted by molar-refractivity contribution is 5.81. The standard InChI is InChI=1S/C13H16FN3O2/c1-17-8-10(6-12(17)18)16-13(19)15-7-9-4-2-3-5-11(9)14/h2-5,10H,6-8H2,1H3,(H2,15,16,19)/t10-/m0/s1. The van der Waals surface area contributed by atoms with Gasteiger partial charge in [-0.25, -0.2) is 9.18 Å². The molecule has 1 aliphatic rings. The second-order valence-electron chi connectivity index (χ2n) is 4.59. The first kappa shape index (κ1) is 13.3. The Balaban J connectivity index is 1.79. The van der Waals surface area contributed by atoms with Crippen molar-refractivity contribution in [2.75, 3.05) is 13.6 Å². The molecular formula is C13H16FN3O2. The van der Waals surface area contributed by atoms with Gasteiger partial charge in [-0.1, -0.05) is 18.2 Å². The lowest BCUT2D eigenvalue weighted by atomic mass is 10.2. The van der Waals surface area contributed by atoms with Gasteiger partial charge in [0.1, 0.15) is 5.82 Å². The van der Waals surface area contributed by atoms with Gasteiger partial charge in [0.25, 0.3) is 0 Å². The molecule has 1 aromatic rings. The summed E-state index contributed by atoms with van der Waals surface area (Å²) in [5.74, 6) is -0.335. The Morgan fingerprint density at radius 2 is 2.21 bits per heavy atom. The highest BCUT2D eigenvalue weighted by Crippen LogP contribution is 2.08. The minimum atomic E-state index is -0.392. The number of urea groups is 1. The van der Waals surface area contributed by atoms with Crippen molar-refractivity contribution in [3.05, 3.63) is 35.6 Å². The number of carbonyl (C=O) groups excluding carboxylic acids is 2. The topological polar surface area (TPSA) is 61.4 Å². The third-order valence-corrected chi connectivity index (χ3v) is 3.07. The molecule has 102 valence electrons. The van der Waals surface area contributed by atoms with Crippen LogP contribution in [0.15, 0.2) is 24.3 Å². The summed E-state index contributed by atoms with van der Waals surface area (Å²) in [6.45, 7) is 0.626. The molecule has 19 heavy (non-hydrogen) atoms. The van der Waals surface area contributed by atoms with Gasteiger partial charge < -0.3 is 15.5 Å². The summed E-state index contributed by atoms with van der Waals surface area (Å²) in [4.78, 5) is 24.5. The van der Waals surface area contributed by atoms with E-state index in [0.717, 1.165) is 0 Å². The van der Waals surface area contributed by atoms with E-state index in [2.05, 4.69) is 10.6 Å². The largest absolute Gasteiger partial charge is 0.344 e. The van der Waals surface area contributed by atoms with E-state index in [1.807, 2.05) is 0 Å². The number of likely N-dealkylation sites (tertiary alicyclic amines) is 1. The SMILES string of the molecule is CN1C[C@@H](NC(=O)NCc2ccccc2F)CC1=O. The summed E-state index contributed by atoms with van der Waals surface area (Å²) < 4.78 is 13.3. The highest BCUT2D eigenvalue weighted by Gasteiger charge is 2.27. The molecule has 0 saturated carbocycles. The van der Waals surface area contributed by atoms with Crippen LogP contribution in [0.25, 0.3) is 0 Å². The van der Waals surface area contributed by atoms with Crippen LogP contribution in [0.5, 0.6) is 0 Å². The van der Waals surface area contributed by atoms with Crippen LogP contribution in [-0.2, 0) is 11.3 Å². The van der Waals surface area contributed by atoms with Crippen LogP contribution in [0, 0.1) is 5.82 Å². The smallest absolute Gasteiger partial charge is 0.315 e. The maximum Gasteiger partial charge on any atom is 0.315 e. The molecular weight excluding hydrogens is 249 g/mol. The van der Waals surface area contributed by atoms with Crippen LogP contribution >= 0.6 is 0 Å². The van der Waals surface area contributed by atoms with Crippen LogP contribution in [-0.4, -0.2) is 36.5 Å². The van der Waals surface area contributed by atoms with E-state index in [1.54, 1.807) is 30.1 Å². The van der Waals surface area contributed by atoms with Crippen LogP contribution in [0.3, 0.4) is 0 Å². The lowest BCUT2D eigenvalue weighted by molar-refractivity contribution is -0.126. The average molecular weight is 265 g/mol. The number of carbonyl (C=O) groups is 2. The maximum atomic E-state index is 13.3. The van der Waals surface area contributed by atoms with Crippen molar-refractivity contribution in [3.8, 4) is 0 Å². The fourth-order valence-electron chi connectivity index (χ4n) is 2.01. The van der Waals surface area contributed by atoms with Gasteiger partial charge >= 0.3 is 6.03 Å². The first-order valence-electron chi connectivity index (χ1n) is 6.08. The zero-order valence-electron chi connectivity index (χ0n) is 10.6. The predicted octanol–water partition coefficient (Wildman–Crippen LogP) is 0.856. The Bertz CT molecular complexity index is 493. The lowest BCUT2D eigenvalue weighted by Crippen LogP contribution is -2.42. The number of halogens is 1. The van der Waals surface area contributed by atoms with Gasteiger partial charge in [0, 0.05) is 32.1 Å². The third-order valence-electron chi connectivity index (χ3n) is 3.07. The third kappa shape index (κ3) is 3.43. The molecule has 0 spiro atoms. The zero-order chi connectivity index (χ0) is 13.8. The van der Waals surface area contributed by atoms with E-state index < -0.39 is 6.03 Å². The summed E-state index contributed by atoms with van der Waals surface area (Å²) in [6, 6.07) is 5.69. The molecule has 2 rings (SSSR count). The van der Waals surface area contributed by atoms with E-state index in [0.29, 0.717) is 18.5 Å². The van der Waals surface area contributed by atoms with Gasteiger partial charge in [0.05, 0.1) is 6.04 Å². The lowest BCUT2D eigenvalue weighted by Gasteiger charge is -2.13. The fourth-order valence-corrected chi connectivity index (χ4v) is 2.01. The minimum Gasteiger partial charge on any atom is -0.344 e. The molecule has 5 nitrogen and oxygen atoms in total. The van der Waals surface area contributed by atoms with E-state index >= 15 is 0 Å². The minimum absolute atomic E-state index is 0.0133. The Morgan fingerprint density at radius 1 is 1.47 bits per heavy atom. The van der Waals surface area contributed by atoms with Crippen LogP contribution < -0.4 is 10.6 Å². The highest BCUT2D eigenvalue weighted by atomic mass is 19.1. The Morgan fingerprint density at radius 3 is 2.84 bits per heavy atom. The number of nitrogens with zero attached hydrogens (tertiary/aromatic N) is 1. The number of hydrogen-bond acceptors (Lipinski definition) is 2. The number of nitrogens with one attached hydrogen (secondary N) is 2. The van der Waals surface area contributed by atoms with Crippen molar-refractivity contribution in [1.29, 1.82) is 0 Å². The predicted molar refractivity (Wildman–Crippen MR) is 67.8 cm³/mol. The molecule has 1 saturated heterocycles. The molecule has 1 heterocycles. The van der Waals surface area contributed by atoms with Crippen LogP contribution in [0.2, 0.25) is 0 Å². The molecule has 6 heteroatoms. The normalized spacial score (nSPS) is 18.5. The molecule has 0 aromatic heterocycles. The second-order valence-corrected chi connectivity index (χ2v) is 4.59. The van der Waals surface area contributed by atoms with Crippen molar-refractivity contribution in [2.45, 2.75) is 19.0 Å². The molecule has 1 aliphatic heterocycles. The summed E-state index contributed by atoms with van der Waals surface area (Å²) in [5.41, 5.74) is 0.428. The quantitative estimate of drug-likeness (QED) is 0.851. The Kier molecular flexibility index (Phi) is 3.99. The molecule has 1 fully saturated rings. The van der Waals surface area contributed by atoms with Gasteiger partial charge in [0.15, 0.2) is 0 Å². The van der Waals surface area contributed by atoms with Crippen molar-refractivity contribution in [2.24, 2.45) is 0 Å². The number of hydrogen-bond donors (Lipinski definition) is 2. The van der Waals surface area contributed by atoms with Crippen molar-refractivity contribution in [1.82, 2.24) is 15.5 Å². The van der Waals surface area contributed by atoms with E-state index in [1.165, 1.54) is 6.07 Å². The molecule has 3 amide bonds. The summed E-state index contributed by atoms with van der Waals surface area (Å²) in [6.07, 6.45) is 0.309. The van der Waals surface area contributed by atoms with Gasteiger partial charge in [-0.15, -0.1) is 0 Å². The average Bonchev–Trinajstić information content (AvgIpc) is 2.67. The molecule has 0 aliphatic carbocycles. The summed E-state index contributed by atoms with van der Waals surface area (Å²) in [7, 11) is 1.70. The number of likely N-dealkylation sites (N-methyl/N-ethyl adjacent to an activating group) is 1. The molecule has 2 N–H and O–H groups in total. The molecule has 1 atom stereocenters. The van der Waals surface area contributed by atoms with Crippen molar-refractivity contribution in [3.63, 3.8) is 0 Å². The van der Waals surface area contributed by atoms with E-state index in [4.69, 9.17) is 0 Å². The van der Waals surface area contributed by atoms with Crippen molar-refractivity contribution < 1.29 is 14.0 Å². The zero-order valence-corrected chi connectivity index (χ0v) is 10.6. The van der Waals surface area contributed by atoms with Gasteiger partial charge in [-0.2, -0.15) is 0 Å². The number of benzene rings is 1. The molecule has 0 unspecified atom stereocenters. The van der Waals surface area contributed by atoms with Gasteiger partial charge in [0.2, 0.25) is 5.91 Å². The number of amides is 3. The second kappa shape index (κ2) is 5.69. The Hall–Kier alpha value is -2.11. The van der Waals surface area contributed by atoms with Crippen LogP contribution in [0.4, 0.5) is 9.18 Å². The van der Waals surface area contributed by atoms with Crippen LogP contribution in [0.1, 0.15) is 12.0 Å².